The van der Waals surface area contributed by atoms with Crippen LogP contribution in [-0.4, -0.2) is 49.1 Å². The quantitative estimate of drug-likeness (QED) is 0.256. The van der Waals surface area contributed by atoms with E-state index in [1.54, 1.807) is 23.9 Å². The fourth-order valence-corrected chi connectivity index (χ4v) is 4.31. The highest BCUT2D eigenvalue weighted by Gasteiger charge is 2.73. The first kappa shape index (κ1) is 36.2. The van der Waals surface area contributed by atoms with E-state index in [1.807, 2.05) is 46.9 Å². The maximum Gasteiger partial charge on any atom is 0.435 e. The molecule has 0 saturated carbocycles. The zero-order valence-corrected chi connectivity index (χ0v) is 23.9. The van der Waals surface area contributed by atoms with Crippen molar-refractivity contribution in [3.05, 3.63) is 64.2 Å². The number of nitrogens with one attached hydrogen (secondary N) is 2. The monoisotopic (exact) mass is 584 g/mol. The Balaban J connectivity index is 0.000000697. The number of aldehydes is 1. The number of aryl methyl sites for hydroxylation is 2. The van der Waals surface area contributed by atoms with Gasteiger partial charge in [0.1, 0.15) is 0 Å². The summed E-state index contributed by atoms with van der Waals surface area (Å²) in [7, 11) is 1.44. The van der Waals surface area contributed by atoms with E-state index in [9.17, 15) is 40.3 Å². The molecule has 0 unspecified atom stereocenters. The average Bonchev–Trinajstić information content (AvgIpc) is 2.83. The fraction of sp³-hybridized carbons (Fsp3) is 0.481. The van der Waals surface area contributed by atoms with Crippen molar-refractivity contribution < 1.29 is 40.3 Å². The van der Waals surface area contributed by atoms with E-state index in [1.165, 1.54) is 14.0 Å². The lowest BCUT2D eigenvalue weighted by Crippen LogP contribution is -2.50. The standard InChI is InChI=1S/C14H19NO2S.C11H10F7N.C2H6/c1-10-6-5-7-11(8-16)12(10)13(17)15-14(2,3)9-18-4;1-6-5-7(3-4-8(6)19-2)9(12,10(13,14)15)11(16,17)18;1-2/h5-8H,9H2,1-4H3,(H,15,17);3-5,19H,1-2H3;1-2H3. The Morgan fingerprint density at radius 3 is 1.87 bits per heavy atom. The van der Waals surface area contributed by atoms with Crippen LogP contribution in [0.1, 0.15) is 65.1 Å². The van der Waals surface area contributed by atoms with E-state index >= 15 is 0 Å². The summed E-state index contributed by atoms with van der Waals surface area (Å²) in [6.07, 6.45) is -9.44. The number of hydrogen-bond donors (Lipinski definition) is 2. The third kappa shape index (κ3) is 9.15. The van der Waals surface area contributed by atoms with Crippen LogP contribution in [0.2, 0.25) is 0 Å². The van der Waals surface area contributed by atoms with Gasteiger partial charge < -0.3 is 10.6 Å². The number of carbonyl (C=O) groups is 2. The first-order chi connectivity index (χ1) is 17.9. The number of anilines is 1. The van der Waals surface area contributed by atoms with Crippen LogP contribution in [0, 0.1) is 13.8 Å². The minimum Gasteiger partial charge on any atom is -0.388 e. The third-order valence-corrected chi connectivity index (χ3v) is 6.30. The molecule has 2 aromatic carbocycles. The van der Waals surface area contributed by atoms with E-state index in [4.69, 9.17) is 0 Å². The van der Waals surface area contributed by atoms with Crippen LogP contribution in [0.5, 0.6) is 0 Å². The predicted molar refractivity (Wildman–Crippen MR) is 143 cm³/mol. The number of carbonyl (C=O) groups excluding carboxylic acids is 2. The summed E-state index contributed by atoms with van der Waals surface area (Å²) >= 11 is 1.68. The topological polar surface area (TPSA) is 58.2 Å². The normalized spacial score (nSPS) is 11.9. The Bertz CT molecular complexity index is 1090. The molecule has 0 bridgehead atoms. The molecule has 0 aliphatic heterocycles. The van der Waals surface area contributed by atoms with Gasteiger partial charge >= 0.3 is 18.0 Å². The van der Waals surface area contributed by atoms with Gasteiger partial charge in [0.25, 0.3) is 5.91 Å². The van der Waals surface area contributed by atoms with Crippen LogP contribution >= 0.6 is 11.8 Å². The predicted octanol–water partition coefficient (Wildman–Crippen LogP) is 8.03. The average molecular weight is 585 g/mol. The molecule has 39 heavy (non-hydrogen) atoms. The molecule has 2 N–H and O–H groups in total. The lowest BCUT2D eigenvalue weighted by molar-refractivity contribution is -0.348. The van der Waals surface area contributed by atoms with Gasteiger partial charge in [-0.15, -0.1) is 0 Å². The largest absolute Gasteiger partial charge is 0.435 e. The molecule has 4 nitrogen and oxygen atoms in total. The maximum absolute atomic E-state index is 13.7. The molecule has 0 heterocycles. The van der Waals surface area contributed by atoms with Crippen LogP contribution in [0.15, 0.2) is 36.4 Å². The van der Waals surface area contributed by atoms with Gasteiger partial charge in [-0.05, 0) is 51.1 Å². The van der Waals surface area contributed by atoms with Crippen molar-refractivity contribution in [1.82, 2.24) is 5.32 Å². The van der Waals surface area contributed by atoms with Gasteiger partial charge in [-0.2, -0.15) is 38.1 Å². The molecule has 0 aromatic heterocycles. The second kappa shape index (κ2) is 14.6. The lowest BCUT2D eigenvalue weighted by Gasteiger charge is -2.30. The molecular formula is C27H35F7N2O2S. The van der Waals surface area contributed by atoms with Crippen LogP contribution < -0.4 is 10.6 Å². The van der Waals surface area contributed by atoms with E-state index in [-0.39, 0.29) is 17.0 Å². The Hall–Kier alpha value is -2.76. The Morgan fingerprint density at radius 1 is 0.923 bits per heavy atom. The molecule has 2 aromatic rings. The second-order valence-corrected chi connectivity index (χ2v) is 9.73. The van der Waals surface area contributed by atoms with Crippen LogP contribution in [0.3, 0.4) is 0 Å². The van der Waals surface area contributed by atoms with Crippen molar-refractivity contribution in [3.8, 4) is 0 Å². The highest BCUT2D eigenvalue weighted by Crippen LogP contribution is 2.53. The summed E-state index contributed by atoms with van der Waals surface area (Å²) in [5.74, 6) is 0.635. The number of thioether (sulfide) groups is 1. The Kier molecular flexibility index (Phi) is 13.5. The van der Waals surface area contributed by atoms with Gasteiger partial charge in [-0.1, -0.05) is 44.2 Å². The molecule has 0 atom stereocenters. The SMILES string of the molecule is CC.CNc1ccc(C(F)(C(F)(F)F)C(F)(F)F)cc1C.CSCC(C)(C)NC(=O)c1c(C)cccc1C=O. The Labute approximate surface area is 229 Å². The Morgan fingerprint density at radius 2 is 1.46 bits per heavy atom. The highest BCUT2D eigenvalue weighted by molar-refractivity contribution is 7.98. The van der Waals surface area contributed by atoms with Gasteiger partial charge in [-0.25, -0.2) is 4.39 Å². The maximum atomic E-state index is 13.7. The van der Waals surface area contributed by atoms with E-state index in [0.29, 0.717) is 28.9 Å². The van der Waals surface area contributed by atoms with Crippen molar-refractivity contribution in [3.63, 3.8) is 0 Å². The molecule has 0 aliphatic rings. The van der Waals surface area contributed by atoms with Gasteiger partial charge in [0.05, 0.1) is 5.56 Å². The second-order valence-electron chi connectivity index (χ2n) is 8.86. The zero-order chi connectivity index (χ0) is 30.8. The van der Waals surface area contributed by atoms with Crippen LogP contribution in [0.4, 0.5) is 36.4 Å². The molecule has 0 saturated heterocycles. The lowest BCUT2D eigenvalue weighted by atomic mass is 9.92. The summed E-state index contributed by atoms with van der Waals surface area (Å²) in [5, 5.41) is 5.54. The summed E-state index contributed by atoms with van der Waals surface area (Å²) in [5.41, 5.74) is -5.03. The molecule has 220 valence electrons. The first-order valence-corrected chi connectivity index (χ1v) is 13.2. The number of halogens is 7. The smallest absolute Gasteiger partial charge is 0.388 e. The molecule has 0 radical (unpaired) electrons. The number of hydrogen-bond acceptors (Lipinski definition) is 4. The first-order valence-electron chi connectivity index (χ1n) is 11.8. The van der Waals surface area contributed by atoms with Gasteiger partial charge in [0.15, 0.2) is 6.29 Å². The summed E-state index contributed by atoms with van der Waals surface area (Å²) < 4.78 is 88.6. The van der Waals surface area contributed by atoms with Crippen molar-refractivity contribution in [2.45, 2.75) is 65.1 Å². The molecule has 2 rings (SSSR count). The van der Waals surface area contributed by atoms with Crippen molar-refractivity contribution in [1.29, 1.82) is 0 Å². The molecule has 0 fully saturated rings. The fourth-order valence-electron chi connectivity index (χ4n) is 3.51. The van der Waals surface area contributed by atoms with E-state index in [2.05, 4.69) is 10.6 Å². The third-order valence-electron chi connectivity index (χ3n) is 5.29. The molecule has 0 spiro atoms. The number of rotatable bonds is 7. The number of alkyl halides is 7. The summed E-state index contributed by atoms with van der Waals surface area (Å²) in [4.78, 5) is 23.2. The van der Waals surface area contributed by atoms with Crippen LogP contribution in [-0.2, 0) is 5.67 Å². The highest BCUT2D eigenvalue weighted by atomic mass is 32.2. The van der Waals surface area contributed by atoms with Gasteiger partial charge in [0.2, 0.25) is 0 Å². The van der Waals surface area contributed by atoms with E-state index in [0.717, 1.165) is 23.7 Å². The molecule has 1 amide bonds. The zero-order valence-electron chi connectivity index (χ0n) is 23.1. The minimum atomic E-state index is -6.08. The van der Waals surface area contributed by atoms with Crippen molar-refractivity contribution in [2.24, 2.45) is 0 Å². The van der Waals surface area contributed by atoms with Gasteiger partial charge in [-0.3, -0.25) is 9.59 Å². The number of benzene rings is 2. The molecular weight excluding hydrogens is 549 g/mol. The van der Waals surface area contributed by atoms with Crippen molar-refractivity contribution in [2.75, 3.05) is 24.4 Å². The molecule has 0 aliphatic carbocycles. The van der Waals surface area contributed by atoms with E-state index < -0.39 is 23.6 Å². The summed E-state index contributed by atoms with van der Waals surface area (Å²) in [6, 6.07) is 7.26. The molecule has 12 heteroatoms. The minimum absolute atomic E-state index is 0.0792. The van der Waals surface area contributed by atoms with Gasteiger partial charge in [0, 0.05) is 35.2 Å². The number of amides is 1. The summed E-state index contributed by atoms with van der Waals surface area (Å²) in [6.45, 7) is 11.1. The van der Waals surface area contributed by atoms with Crippen LogP contribution in [0.25, 0.3) is 0 Å². The van der Waals surface area contributed by atoms with Crippen molar-refractivity contribution >= 4 is 29.6 Å².